The van der Waals surface area contributed by atoms with Gasteiger partial charge in [-0.3, -0.25) is 4.79 Å². The summed E-state index contributed by atoms with van der Waals surface area (Å²) >= 11 is 0. The van der Waals surface area contributed by atoms with Crippen molar-refractivity contribution in [2.75, 3.05) is 46.6 Å². The van der Waals surface area contributed by atoms with Gasteiger partial charge in [0.1, 0.15) is 6.67 Å². The SMILES string of the molecule is COCCN1CCCC2(CCC(=O)N2CCF)CC1.O=C(O)C(F)(F)F. The van der Waals surface area contributed by atoms with E-state index in [0.29, 0.717) is 6.42 Å². The van der Waals surface area contributed by atoms with Crippen LogP contribution in [0.3, 0.4) is 0 Å². The Hall–Kier alpha value is -1.42. The highest BCUT2D eigenvalue weighted by atomic mass is 19.4. The van der Waals surface area contributed by atoms with E-state index in [1.54, 1.807) is 7.11 Å². The smallest absolute Gasteiger partial charge is 0.475 e. The van der Waals surface area contributed by atoms with Crippen LogP contribution in [0.25, 0.3) is 0 Å². The van der Waals surface area contributed by atoms with Gasteiger partial charge in [-0.25, -0.2) is 9.18 Å². The Morgan fingerprint density at radius 1 is 1.23 bits per heavy atom. The molecule has 1 amide bonds. The van der Waals surface area contributed by atoms with Gasteiger partial charge in [-0.1, -0.05) is 0 Å². The lowest BCUT2D eigenvalue weighted by Crippen LogP contribution is -2.47. The number of nitrogens with zero attached hydrogens (tertiary/aromatic N) is 2. The minimum atomic E-state index is -5.08. The number of hydrogen-bond acceptors (Lipinski definition) is 4. The minimum absolute atomic E-state index is 0.0645. The normalized spacial score (nSPS) is 24.3. The van der Waals surface area contributed by atoms with Crippen LogP contribution in [0.5, 0.6) is 0 Å². The van der Waals surface area contributed by atoms with Crippen molar-refractivity contribution in [1.82, 2.24) is 9.80 Å². The zero-order chi connectivity index (χ0) is 19.8. The van der Waals surface area contributed by atoms with Gasteiger partial charge in [0.05, 0.1) is 6.61 Å². The Bertz CT molecular complexity index is 476. The zero-order valence-corrected chi connectivity index (χ0v) is 14.9. The summed E-state index contributed by atoms with van der Waals surface area (Å²) in [5, 5.41) is 7.12. The van der Waals surface area contributed by atoms with Crippen molar-refractivity contribution < 1.29 is 37.0 Å². The van der Waals surface area contributed by atoms with Crippen LogP contribution in [0, 0.1) is 0 Å². The van der Waals surface area contributed by atoms with Gasteiger partial charge < -0.3 is 19.6 Å². The Labute approximate surface area is 150 Å². The molecular formula is C16H26F4N2O4. The number of hydrogen-bond donors (Lipinski definition) is 1. The number of amides is 1. The highest BCUT2D eigenvalue weighted by Crippen LogP contribution is 2.38. The maximum atomic E-state index is 12.7. The second-order valence-corrected chi connectivity index (χ2v) is 6.45. The largest absolute Gasteiger partial charge is 0.490 e. The maximum Gasteiger partial charge on any atom is 0.490 e. The summed E-state index contributed by atoms with van der Waals surface area (Å²) in [5.41, 5.74) is -0.0645. The molecule has 6 nitrogen and oxygen atoms in total. The molecule has 0 aromatic carbocycles. The number of methoxy groups -OCH3 is 1. The minimum Gasteiger partial charge on any atom is -0.475 e. The van der Waals surface area contributed by atoms with Crippen molar-refractivity contribution in [2.24, 2.45) is 0 Å². The number of carbonyl (C=O) groups is 2. The summed E-state index contributed by atoms with van der Waals surface area (Å²) < 4.78 is 49.5. The lowest BCUT2D eigenvalue weighted by molar-refractivity contribution is -0.192. The molecule has 2 heterocycles. The standard InChI is InChI=1S/C14H25FN2O2.C2HF3O2/c1-19-12-11-16-8-2-4-14(6-9-16)5-3-13(18)17(14)10-7-15;3-2(4,5)1(6)7/h2-12H2,1H3;(H,6,7). The number of carboxylic acid groups (broad SMARTS) is 1. The fourth-order valence-electron chi connectivity index (χ4n) is 3.52. The first kappa shape index (κ1) is 22.6. The first-order valence-corrected chi connectivity index (χ1v) is 8.54. The highest BCUT2D eigenvalue weighted by molar-refractivity contribution is 5.79. The second-order valence-electron chi connectivity index (χ2n) is 6.45. The molecule has 0 radical (unpaired) electrons. The van der Waals surface area contributed by atoms with Crippen molar-refractivity contribution in [3.8, 4) is 0 Å². The van der Waals surface area contributed by atoms with E-state index in [1.165, 1.54) is 0 Å². The number of halogens is 4. The molecule has 1 spiro atoms. The molecule has 2 aliphatic heterocycles. The third kappa shape index (κ3) is 6.39. The van der Waals surface area contributed by atoms with Crippen molar-refractivity contribution in [2.45, 2.75) is 43.8 Å². The number of ether oxygens (including phenoxy) is 1. The van der Waals surface area contributed by atoms with Gasteiger partial charge in [0.25, 0.3) is 0 Å². The summed E-state index contributed by atoms with van der Waals surface area (Å²) in [6.45, 7) is 3.59. The van der Waals surface area contributed by atoms with Crippen LogP contribution >= 0.6 is 0 Å². The van der Waals surface area contributed by atoms with Gasteiger partial charge >= 0.3 is 12.1 Å². The lowest BCUT2D eigenvalue weighted by Gasteiger charge is -2.37. The summed E-state index contributed by atoms with van der Waals surface area (Å²) in [6, 6.07) is 0. The molecule has 1 N–H and O–H groups in total. The molecule has 26 heavy (non-hydrogen) atoms. The van der Waals surface area contributed by atoms with E-state index in [1.807, 2.05) is 4.90 Å². The zero-order valence-electron chi connectivity index (χ0n) is 14.9. The van der Waals surface area contributed by atoms with E-state index in [9.17, 15) is 22.4 Å². The van der Waals surface area contributed by atoms with E-state index in [4.69, 9.17) is 14.6 Å². The topological polar surface area (TPSA) is 70.1 Å². The molecule has 2 fully saturated rings. The molecule has 2 aliphatic rings. The average Bonchev–Trinajstić information content (AvgIpc) is 2.75. The molecule has 1 unspecified atom stereocenters. The second kappa shape index (κ2) is 10.1. The Morgan fingerprint density at radius 3 is 2.42 bits per heavy atom. The first-order chi connectivity index (χ1) is 12.2. The highest BCUT2D eigenvalue weighted by Gasteiger charge is 2.45. The summed E-state index contributed by atoms with van der Waals surface area (Å²) in [5.74, 6) is -2.62. The number of alkyl halides is 4. The summed E-state index contributed by atoms with van der Waals surface area (Å²) in [6.07, 6.45) is -0.507. The van der Waals surface area contributed by atoms with Crippen LogP contribution in [-0.4, -0.2) is 85.1 Å². The number of likely N-dealkylation sites (tertiary alicyclic amines) is 2. The molecule has 0 aromatic heterocycles. The predicted octanol–water partition coefficient (Wildman–Crippen LogP) is 2.08. The van der Waals surface area contributed by atoms with Gasteiger partial charge in [0.2, 0.25) is 5.91 Å². The lowest BCUT2D eigenvalue weighted by atomic mass is 9.88. The van der Waals surface area contributed by atoms with E-state index in [2.05, 4.69) is 4.90 Å². The Balaban J connectivity index is 0.000000412. The van der Waals surface area contributed by atoms with Crippen LogP contribution in [-0.2, 0) is 14.3 Å². The fraction of sp³-hybridized carbons (Fsp3) is 0.875. The third-order valence-corrected chi connectivity index (χ3v) is 4.85. The van der Waals surface area contributed by atoms with E-state index >= 15 is 0 Å². The van der Waals surface area contributed by atoms with E-state index in [-0.39, 0.29) is 18.0 Å². The molecule has 1 atom stereocenters. The first-order valence-electron chi connectivity index (χ1n) is 8.54. The summed E-state index contributed by atoms with van der Waals surface area (Å²) in [4.78, 5) is 25.0. The maximum absolute atomic E-state index is 12.7. The molecule has 0 saturated carbocycles. The van der Waals surface area contributed by atoms with Crippen LogP contribution in [0.4, 0.5) is 17.6 Å². The Morgan fingerprint density at radius 2 is 1.88 bits per heavy atom. The van der Waals surface area contributed by atoms with E-state index in [0.717, 1.165) is 51.9 Å². The third-order valence-electron chi connectivity index (χ3n) is 4.85. The monoisotopic (exact) mass is 386 g/mol. The molecule has 152 valence electrons. The molecule has 2 saturated heterocycles. The van der Waals surface area contributed by atoms with Gasteiger partial charge in [-0.15, -0.1) is 0 Å². The van der Waals surface area contributed by atoms with Gasteiger partial charge in [0, 0.05) is 38.7 Å². The Kier molecular flexibility index (Phi) is 8.75. The van der Waals surface area contributed by atoms with Crippen molar-refractivity contribution in [3.63, 3.8) is 0 Å². The molecule has 0 aliphatic carbocycles. The fourth-order valence-corrected chi connectivity index (χ4v) is 3.52. The number of carbonyl (C=O) groups excluding carboxylic acids is 1. The molecular weight excluding hydrogens is 360 g/mol. The quantitative estimate of drug-likeness (QED) is 0.733. The van der Waals surface area contributed by atoms with Gasteiger partial charge in [0.15, 0.2) is 0 Å². The van der Waals surface area contributed by atoms with Crippen LogP contribution in [0.1, 0.15) is 32.1 Å². The predicted molar refractivity (Wildman–Crippen MR) is 85.5 cm³/mol. The van der Waals surface area contributed by atoms with E-state index < -0.39 is 18.8 Å². The number of rotatable bonds is 5. The number of carboxylic acids is 1. The summed E-state index contributed by atoms with van der Waals surface area (Å²) in [7, 11) is 1.72. The van der Waals surface area contributed by atoms with Crippen LogP contribution in [0.15, 0.2) is 0 Å². The molecule has 0 bridgehead atoms. The van der Waals surface area contributed by atoms with Crippen LogP contribution in [0.2, 0.25) is 0 Å². The number of aliphatic carboxylic acids is 1. The van der Waals surface area contributed by atoms with Crippen molar-refractivity contribution in [1.29, 1.82) is 0 Å². The van der Waals surface area contributed by atoms with Crippen LogP contribution < -0.4 is 0 Å². The average molecular weight is 386 g/mol. The molecule has 10 heteroatoms. The van der Waals surface area contributed by atoms with Crippen molar-refractivity contribution in [3.05, 3.63) is 0 Å². The molecule has 0 aromatic rings. The molecule has 2 rings (SSSR count). The van der Waals surface area contributed by atoms with Crippen molar-refractivity contribution >= 4 is 11.9 Å². The van der Waals surface area contributed by atoms with Gasteiger partial charge in [-0.2, -0.15) is 13.2 Å². The van der Waals surface area contributed by atoms with Gasteiger partial charge in [-0.05, 0) is 32.2 Å².